The van der Waals surface area contributed by atoms with Crippen molar-refractivity contribution >= 4 is 21.4 Å². The molecule has 2 heterocycles. The molecule has 0 bridgehead atoms. The summed E-state index contributed by atoms with van der Waals surface area (Å²) in [6.45, 7) is 7.50. The van der Waals surface area contributed by atoms with E-state index in [0.717, 1.165) is 11.3 Å². The third kappa shape index (κ3) is 3.74. The molecule has 0 saturated heterocycles. The number of thiophene rings is 1. The van der Waals surface area contributed by atoms with Crippen molar-refractivity contribution in [3.05, 3.63) is 28.7 Å². The third-order valence-corrected chi connectivity index (χ3v) is 7.20. The number of hydrogen-bond acceptors (Lipinski definition) is 4. The molecule has 1 aliphatic heterocycles. The molecule has 0 fully saturated rings. The number of hydrogen-bond donors (Lipinski definition) is 1. The maximum absolute atomic E-state index is 12.6. The number of aliphatic hydroxyl groups excluding tert-OH is 1. The largest absolute Gasteiger partial charge is 0.396 e. The van der Waals surface area contributed by atoms with E-state index in [1.165, 1.54) is 21.2 Å². The topological polar surface area (TPSA) is 57.6 Å². The zero-order valence-electron chi connectivity index (χ0n) is 12.8. The second kappa shape index (κ2) is 6.20. The van der Waals surface area contributed by atoms with E-state index in [1.807, 2.05) is 6.08 Å². The Bertz CT molecular complexity index is 624. The van der Waals surface area contributed by atoms with Crippen LogP contribution in [0, 0.1) is 5.41 Å². The first kappa shape index (κ1) is 16.7. The van der Waals surface area contributed by atoms with Crippen LogP contribution in [-0.2, 0) is 16.4 Å². The first-order valence-corrected chi connectivity index (χ1v) is 9.40. The number of nitrogens with zero attached hydrogens (tertiary/aromatic N) is 1. The van der Waals surface area contributed by atoms with Crippen LogP contribution in [0.3, 0.4) is 0 Å². The van der Waals surface area contributed by atoms with Gasteiger partial charge in [0.15, 0.2) is 0 Å². The first-order valence-electron chi connectivity index (χ1n) is 7.14. The summed E-state index contributed by atoms with van der Waals surface area (Å²) >= 11 is 1.25. The summed E-state index contributed by atoms with van der Waals surface area (Å²) in [6.07, 6.45) is 3.34. The van der Waals surface area contributed by atoms with Gasteiger partial charge in [-0.1, -0.05) is 32.4 Å². The minimum Gasteiger partial charge on any atom is -0.396 e. The number of sulfonamides is 1. The third-order valence-electron chi connectivity index (χ3n) is 3.72. The lowest BCUT2D eigenvalue weighted by atomic mass is 9.83. The highest BCUT2D eigenvalue weighted by Crippen LogP contribution is 2.32. The minimum atomic E-state index is -3.40. The molecule has 1 aromatic heterocycles. The Morgan fingerprint density at radius 2 is 2.05 bits per heavy atom. The van der Waals surface area contributed by atoms with Gasteiger partial charge >= 0.3 is 0 Å². The molecule has 0 radical (unpaired) electrons. The Labute approximate surface area is 131 Å². The monoisotopic (exact) mass is 329 g/mol. The fraction of sp³-hybridized carbons (Fsp3) is 0.600. The van der Waals surface area contributed by atoms with Crippen LogP contribution >= 0.6 is 11.3 Å². The van der Waals surface area contributed by atoms with E-state index in [9.17, 15) is 8.42 Å². The molecule has 118 valence electrons. The van der Waals surface area contributed by atoms with Gasteiger partial charge in [0.2, 0.25) is 0 Å². The molecular formula is C15H23NO3S2. The summed E-state index contributed by atoms with van der Waals surface area (Å²) in [5.74, 6) is 0. The van der Waals surface area contributed by atoms with Crippen LogP contribution in [0.5, 0.6) is 0 Å². The summed E-state index contributed by atoms with van der Waals surface area (Å²) in [6, 6.07) is 3.43. The molecule has 4 nitrogen and oxygen atoms in total. The van der Waals surface area contributed by atoms with Gasteiger partial charge in [-0.3, -0.25) is 0 Å². The van der Waals surface area contributed by atoms with E-state index >= 15 is 0 Å². The van der Waals surface area contributed by atoms with Gasteiger partial charge in [-0.05, 0) is 24.0 Å². The molecule has 2 rings (SSSR count). The van der Waals surface area contributed by atoms with Crippen LogP contribution in [0.25, 0.3) is 0 Å². The highest BCUT2D eigenvalue weighted by Gasteiger charge is 2.29. The van der Waals surface area contributed by atoms with E-state index in [2.05, 4.69) is 20.8 Å². The van der Waals surface area contributed by atoms with E-state index < -0.39 is 10.0 Å². The van der Waals surface area contributed by atoms with Crippen molar-refractivity contribution in [3.63, 3.8) is 0 Å². The smallest absolute Gasteiger partial charge is 0.252 e. The SMILES string of the molecule is CC(C)(C)C1=CCN(S(=O)(=O)c2ccc(CCO)s2)CC1. The normalized spacial score (nSPS) is 17.8. The highest BCUT2D eigenvalue weighted by molar-refractivity contribution is 7.91. The maximum atomic E-state index is 12.6. The second-order valence-corrected chi connectivity index (χ2v) is 9.62. The quantitative estimate of drug-likeness (QED) is 0.864. The molecule has 0 unspecified atom stereocenters. The molecular weight excluding hydrogens is 306 g/mol. The van der Waals surface area contributed by atoms with Gasteiger partial charge in [-0.15, -0.1) is 11.3 Å². The predicted octanol–water partition coefficient (Wildman–Crippen LogP) is 2.65. The minimum absolute atomic E-state index is 0.0431. The lowest BCUT2D eigenvalue weighted by Crippen LogP contribution is -2.36. The van der Waals surface area contributed by atoms with E-state index in [-0.39, 0.29) is 12.0 Å². The van der Waals surface area contributed by atoms with Crippen LogP contribution in [0.2, 0.25) is 0 Å². The fourth-order valence-corrected chi connectivity index (χ4v) is 5.30. The maximum Gasteiger partial charge on any atom is 0.252 e. The summed E-state index contributed by atoms with van der Waals surface area (Å²) in [7, 11) is -3.40. The summed E-state index contributed by atoms with van der Waals surface area (Å²) in [5, 5.41) is 8.92. The lowest BCUT2D eigenvalue weighted by molar-refractivity contribution is 0.300. The van der Waals surface area contributed by atoms with Crippen molar-refractivity contribution in [2.45, 2.75) is 37.8 Å². The van der Waals surface area contributed by atoms with Crippen LogP contribution in [0.1, 0.15) is 32.1 Å². The van der Waals surface area contributed by atoms with Gasteiger partial charge in [-0.25, -0.2) is 8.42 Å². The first-order chi connectivity index (χ1) is 9.75. The molecule has 0 aromatic carbocycles. The molecule has 0 amide bonds. The van der Waals surface area contributed by atoms with E-state index in [4.69, 9.17) is 5.11 Å². The average molecular weight is 329 g/mol. The number of rotatable bonds is 4. The highest BCUT2D eigenvalue weighted by atomic mass is 32.2. The van der Waals surface area contributed by atoms with Gasteiger partial charge in [0.25, 0.3) is 10.0 Å². The van der Waals surface area contributed by atoms with E-state index in [0.29, 0.717) is 23.7 Å². The Kier molecular flexibility index (Phi) is 4.92. The second-order valence-electron chi connectivity index (χ2n) is 6.29. The zero-order valence-corrected chi connectivity index (χ0v) is 14.4. The Morgan fingerprint density at radius 3 is 2.57 bits per heavy atom. The molecule has 0 spiro atoms. The summed E-state index contributed by atoms with van der Waals surface area (Å²) < 4.78 is 27.1. The molecule has 1 N–H and O–H groups in total. The van der Waals surface area contributed by atoms with Crippen molar-refractivity contribution in [1.82, 2.24) is 4.31 Å². The van der Waals surface area contributed by atoms with Crippen molar-refractivity contribution in [1.29, 1.82) is 0 Å². The molecule has 6 heteroatoms. The van der Waals surface area contributed by atoms with Gasteiger partial charge in [-0.2, -0.15) is 4.31 Å². The average Bonchev–Trinajstić information content (AvgIpc) is 2.88. The van der Waals surface area contributed by atoms with Crippen molar-refractivity contribution in [2.24, 2.45) is 5.41 Å². The zero-order chi connectivity index (χ0) is 15.7. The summed E-state index contributed by atoms with van der Waals surface area (Å²) in [5.41, 5.74) is 1.42. The lowest BCUT2D eigenvalue weighted by Gasteiger charge is -2.31. The molecule has 0 saturated carbocycles. The van der Waals surface area contributed by atoms with Crippen LogP contribution < -0.4 is 0 Å². The van der Waals surface area contributed by atoms with Crippen molar-refractivity contribution in [2.75, 3.05) is 19.7 Å². The van der Waals surface area contributed by atoms with Gasteiger partial charge in [0.05, 0.1) is 0 Å². The molecule has 21 heavy (non-hydrogen) atoms. The van der Waals surface area contributed by atoms with Crippen LogP contribution in [0.4, 0.5) is 0 Å². The standard InChI is InChI=1S/C15H23NO3S2/c1-15(2,3)12-6-9-16(10-7-12)21(18,19)14-5-4-13(20-14)8-11-17/h4-6,17H,7-11H2,1-3H3. The molecule has 1 aliphatic rings. The Hall–Kier alpha value is -0.690. The van der Waals surface area contributed by atoms with Gasteiger partial charge in [0, 0.05) is 31.0 Å². The Balaban J connectivity index is 2.16. The van der Waals surface area contributed by atoms with Gasteiger partial charge < -0.3 is 5.11 Å². The summed E-state index contributed by atoms with van der Waals surface area (Å²) in [4.78, 5) is 0.902. The van der Waals surface area contributed by atoms with Crippen LogP contribution in [0.15, 0.2) is 28.0 Å². The predicted molar refractivity (Wildman–Crippen MR) is 86.0 cm³/mol. The fourth-order valence-electron chi connectivity index (χ4n) is 2.42. The molecule has 1 aromatic rings. The van der Waals surface area contributed by atoms with Crippen LogP contribution in [-0.4, -0.2) is 37.5 Å². The van der Waals surface area contributed by atoms with Crippen molar-refractivity contribution in [3.8, 4) is 0 Å². The van der Waals surface area contributed by atoms with E-state index in [1.54, 1.807) is 12.1 Å². The van der Waals surface area contributed by atoms with Gasteiger partial charge in [0.1, 0.15) is 4.21 Å². The molecule has 0 atom stereocenters. The van der Waals surface area contributed by atoms with Crippen molar-refractivity contribution < 1.29 is 13.5 Å². The Morgan fingerprint density at radius 1 is 1.33 bits per heavy atom. The number of aliphatic hydroxyl groups is 1. The molecule has 0 aliphatic carbocycles.